The van der Waals surface area contributed by atoms with Crippen molar-refractivity contribution in [2.45, 2.75) is 65.9 Å². The van der Waals surface area contributed by atoms with Gasteiger partial charge in [-0.3, -0.25) is 9.59 Å². The summed E-state index contributed by atoms with van der Waals surface area (Å²) in [5.74, 6) is -0.627. The summed E-state index contributed by atoms with van der Waals surface area (Å²) in [6.07, 6.45) is 3.63. The van der Waals surface area contributed by atoms with Crippen LogP contribution < -0.4 is 20.6 Å². The Labute approximate surface area is 258 Å². The number of carbonyl (C=O) groups is 3. The van der Waals surface area contributed by atoms with Gasteiger partial charge in [0, 0.05) is 39.3 Å². The summed E-state index contributed by atoms with van der Waals surface area (Å²) >= 11 is 2.54. The standard InChI is InChI=1S/C29H39N5O7S2/c1-8-19-24(42-17(2)32-19)26(36)33-27-34(13-10-9-12-31-28(37)41-29(3,4)5)23-20(40-14-11-22(38-6)39-7)15-18(25(30)35)16-21(23)43-27/h9-10,15-16,22H,8,11-14H2,1-7H3,(H2,30,35)(H,31,37)/b10-9+,33-27-. The fourth-order valence-electron chi connectivity index (χ4n) is 4.01. The van der Waals surface area contributed by atoms with Crippen LogP contribution in [0.1, 0.15) is 64.8 Å². The second kappa shape index (κ2) is 15.2. The summed E-state index contributed by atoms with van der Waals surface area (Å²) in [4.78, 5) is 47.4. The van der Waals surface area contributed by atoms with Crippen LogP contribution >= 0.6 is 22.7 Å². The normalized spacial score (nSPS) is 12.4. The van der Waals surface area contributed by atoms with Crippen molar-refractivity contribution >= 4 is 50.8 Å². The Balaban J connectivity index is 2.05. The number of primary amides is 1. The number of amides is 3. The van der Waals surface area contributed by atoms with Gasteiger partial charge in [-0.1, -0.05) is 30.4 Å². The lowest BCUT2D eigenvalue weighted by molar-refractivity contribution is -0.110. The lowest BCUT2D eigenvalue weighted by Crippen LogP contribution is -2.32. The van der Waals surface area contributed by atoms with E-state index in [1.807, 2.05) is 24.5 Å². The van der Waals surface area contributed by atoms with E-state index in [0.717, 1.165) is 5.01 Å². The maximum Gasteiger partial charge on any atom is 0.407 e. The molecule has 0 saturated heterocycles. The Morgan fingerprint density at radius 2 is 1.88 bits per heavy atom. The van der Waals surface area contributed by atoms with E-state index in [9.17, 15) is 14.4 Å². The molecule has 3 aromatic rings. The van der Waals surface area contributed by atoms with Gasteiger partial charge in [0.05, 0.1) is 22.0 Å². The van der Waals surface area contributed by atoms with E-state index in [1.165, 1.54) is 36.9 Å². The van der Waals surface area contributed by atoms with E-state index in [-0.39, 0.29) is 25.3 Å². The van der Waals surface area contributed by atoms with E-state index in [1.54, 1.807) is 39.0 Å². The number of carbonyl (C=O) groups excluding carboxylic acids is 3. The molecule has 0 unspecified atom stereocenters. The number of nitrogens with one attached hydrogen (secondary N) is 1. The molecule has 43 heavy (non-hydrogen) atoms. The molecule has 0 aliphatic heterocycles. The first-order valence-corrected chi connectivity index (χ1v) is 15.3. The summed E-state index contributed by atoms with van der Waals surface area (Å²) < 4.78 is 24.4. The number of methoxy groups -OCH3 is 2. The number of thiazole rings is 2. The summed E-state index contributed by atoms with van der Waals surface area (Å²) in [7, 11) is 3.08. The van der Waals surface area contributed by atoms with Crippen LogP contribution in [0.15, 0.2) is 29.3 Å². The Morgan fingerprint density at radius 1 is 1.16 bits per heavy atom. The smallest absolute Gasteiger partial charge is 0.407 e. The second-order valence-corrected chi connectivity index (χ2v) is 12.6. The molecule has 3 rings (SSSR count). The fraction of sp³-hybridized carbons (Fsp3) is 0.483. The van der Waals surface area contributed by atoms with Gasteiger partial charge in [-0.2, -0.15) is 4.99 Å². The Kier molecular flexibility index (Phi) is 12.0. The zero-order chi connectivity index (χ0) is 31.7. The van der Waals surface area contributed by atoms with Crippen LogP contribution in [0, 0.1) is 6.92 Å². The summed E-state index contributed by atoms with van der Waals surface area (Å²) in [6.45, 7) is 9.90. The van der Waals surface area contributed by atoms with Crippen molar-refractivity contribution in [2.24, 2.45) is 10.7 Å². The second-order valence-electron chi connectivity index (χ2n) is 10.4. The number of hydrogen-bond acceptors (Lipinski definition) is 10. The first-order valence-electron chi connectivity index (χ1n) is 13.7. The zero-order valence-electron chi connectivity index (χ0n) is 25.5. The van der Waals surface area contributed by atoms with Gasteiger partial charge in [-0.05, 0) is 46.2 Å². The highest BCUT2D eigenvalue weighted by molar-refractivity contribution is 7.16. The van der Waals surface area contributed by atoms with Crippen LogP contribution in [0.5, 0.6) is 5.75 Å². The predicted octanol–water partition coefficient (Wildman–Crippen LogP) is 4.34. The monoisotopic (exact) mass is 633 g/mol. The number of hydrogen-bond donors (Lipinski definition) is 2. The third kappa shape index (κ3) is 9.45. The van der Waals surface area contributed by atoms with Crippen molar-refractivity contribution in [1.82, 2.24) is 14.9 Å². The van der Waals surface area contributed by atoms with Crippen molar-refractivity contribution in [3.63, 3.8) is 0 Å². The average Bonchev–Trinajstić information content (AvgIpc) is 3.49. The van der Waals surface area contributed by atoms with Crippen LogP contribution in [-0.4, -0.2) is 66.7 Å². The van der Waals surface area contributed by atoms with Crippen molar-refractivity contribution in [2.75, 3.05) is 27.4 Å². The van der Waals surface area contributed by atoms with Crippen molar-refractivity contribution in [1.29, 1.82) is 0 Å². The quantitative estimate of drug-likeness (QED) is 0.208. The van der Waals surface area contributed by atoms with E-state index >= 15 is 0 Å². The lowest BCUT2D eigenvalue weighted by Gasteiger charge is -2.19. The van der Waals surface area contributed by atoms with Crippen LogP contribution in [-0.2, 0) is 27.2 Å². The minimum Gasteiger partial charge on any atom is -0.491 e. The van der Waals surface area contributed by atoms with Gasteiger partial charge >= 0.3 is 6.09 Å². The Morgan fingerprint density at radius 3 is 2.51 bits per heavy atom. The lowest BCUT2D eigenvalue weighted by atomic mass is 10.2. The number of alkyl carbamates (subject to hydrolysis) is 1. The molecular formula is C29H39N5O7S2. The molecule has 0 radical (unpaired) electrons. The highest BCUT2D eigenvalue weighted by atomic mass is 32.1. The maximum atomic E-state index is 13.4. The number of nitrogens with two attached hydrogens (primary N) is 1. The molecular weight excluding hydrogens is 594 g/mol. The van der Waals surface area contributed by atoms with Gasteiger partial charge in [0.25, 0.3) is 5.91 Å². The van der Waals surface area contributed by atoms with Crippen LogP contribution in [0.3, 0.4) is 0 Å². The number of rotatable bonds is 13. The molecule has 0 aliphatic carbocycles. The molecule has 12 nitrogen and oxygen atoms in total. The number of aryl methyl sites for hydroxylation is 2. The third-order valence-corrected chi connectivity index (χ3v) is 7.94. The fourth-order valence-corrected chi connectivity index (χ4v) is 6.00. The molecule has 0 spiro atoms. The summed E-state index contributed by atoms with van der Waals surface area (Å²) in [6, 6.07) is 3.23. The van der Waals surface area contributed by atoms with Crippen LogP contribution in [0.25, 0.3) is 10.2 Å². The van der Waals surface area contributed by atoms with Gasteiger partial charge in [0.1, 0.15) is 21.7 Å². The van der Waals surface area contributed by atoms with Gasteiger partial charge in [-0.15, -0.1) is 11.3 Å². The Hall–Kier alpha value is -3.59. The predicted molar refractivity (Wildman–Crippen MR) is 166 cm³/mol. The zero-order valence-corrected chi connectivity index (χ0v) is 27.1. The molecule has 14 heteroatoms. The highest BCUT2D eigenvalue weighted by Gasteiger charge is 2.20. The molecule has 0 bridgehead atoms. The highest BCUT2D eigenvalue weighted by Crippen LogP contribution is 2.30. The molecule has 3 amide bonds. The van der Waals surface area contributed by atoms with Crippen LogP contribution in [0.4, 0.5) is 4.79 Å². The SMILES string of the molecule is CCc1nc(C)sc1C(=O)/N=c1\sc2cc(C(N)=O)cc(OCCC(OC)OC)c2n1C/C=C/CNC(=O)OC(C)(C)C. The number of benzene rings is 1. The minimum absolute atomic E-state index is 0.223. The molecule has 3 N–H and O–H groups in total. The molecule has 234 valence electrons. The summed E-state index contributed by atoms with van der Waals surface area (Å²) in [5.41, 5.74) is 6.61. The van der Waals surface area contributed by atoms with Crippen molar-refractivity contribution < 1.29 is 33.3 Å². The average molecular weight is 634 g/mol. The topological polar surface area (TPSA) is 156 Å². The molecule has 0 atom stereocenters. The largest absolute Gasteiger partial charge is 0.491 e. The van der Waals surface area contributed by atoms with E-state index in [0.29, 0.717) is 44.2 Å². The number of allylic oxidation sites excluding steroid dienone is 1. The maximum absolute atomic E-state index is 13.4. The number of nitrogens with zero attached hydrogens (tertiary/aromatic N) is 3. The van der Waals surface area contributed by atoms with E-state index in [4.69, 9.17) is 24.7 Å². The number of aromatic nitrogens is 2. The molecule has 0 saturated carbocycles. The first kappa shape index (κ1) is 33.9. The van der Waals surface area contributed by atoms with Crippen LogP contribution in [0.2, 0.25) is 0 Å². The van der Waals surface area contributed by atoms with Gasteiger partial charge in [0.15, 0.2) is 11.1 Å². The van der Waals surface area contributed by atoms with Gasteiger partial charge < -0.3 is 34.6 Å². The van der Waals surface area contributed by atoms with Gasteiger partial charge in [-0.25, -0.2) is 9.78 Å². The molecule has 0 aliphatic rings. The van der Waals surface area contributed by atoms with E-state index in [2.05, 4.69) is 15.3 Å². The number of fused-ring (bicyclic) bond motifs is 1. The van der Waals surface area contributed by atoms with Crippen molar-refractivity contribution in [3.8, 4) is 5.75 Å². The molecule has 0 fully saturated rings. The Bertz CT molecular complexity index is 1540. The molecule has 2 heterocycles. The summed E-state index contributed by atoms with van der Waals surface area (Å²) in [5, 5.41) is 3.47. The number of ether oxygens (including phenoxy) is 4. The van der Waals surface area contributed by atoms with Crippen molar-refractivity contribution in [3.05, 3.63) is 50.2 Å². The van der Waals surface area contributed by atoms with E-state index < -0.39 is 29.8 Å². The first-order chi connectivity index (χ1) is 20.4. The third-order valence-electron chi connectivity index (χ3n) is 5.91. The minimum atomic E-state index is -0.617. The molecule has 1 aromatic carbocycles. The van der Waals surface area contributed by atoms with Gasteiger partial charge in [0.2, 0.25) is 5.91 Å². The molecule has 2 aromatic heterocycles.